The lowest BCUT2D eigenvalue weighted by atomic mass is 10.2. The zero-order chi connectivity index (χ0) is 22.1. The standard InChI is InChI=1S/C18H18F2N2O6S2/c1-28-12-5-7-13(8-6-12)29(24,25)14-10-22(11-14)17(23)9-21-30(26,27)18-15(19)3-2-4-16(18)20/h2-8,14,21H,9-11H2,1H3. The van der Waals surface area contributed by atoms with Crippen molar-refractivity contribution in [3.05, 3.63) is 54.1 Å². The first-order valence-corrected chi connectivity index (χ1v) is 11.7. The van der Waals surface area contributed by atoms with Crippen molar-refractivity contribution in [1.82, 2.24) is 9.62 Å². The van der Waals surface area contributed by atoms with Crippen LogP contribution in [-0.2, 0) is 24.7 Å². The highest BCUT2D eigenvalue weighted by Gasteiger charge is 2.40. The predicted octanol–water partition coefficient (Wildman–Crippen LogP) is 0.936. The van der Waals surface area contributed by atoms with Gasteiger partial charge in [-0.05, 0) is 36.4 Å². The van der Waals surface area contributed by atoms with E-state index in [0.717, 1.165) is 23.1 Å². The number of sulfone groups is 1. The number of methoxy groups -OCH3 is 1. The Bertz CT molecular complexity index is 1140. The second kappa shape index (κ2) is 8.28. The van der Waals surface area contributed by atoms with Gasteiger partial charge >= 0.3 is 0 Å². The van der Waals surface area contributed by atoms with Gasteiger partial charge in [0.05, 0.1) is 18.6 Å². The largest absolute Gasteiger partial charge is 0.497 e. The van der Waals surface area contributed by atoms with Crippen LogP contribution in [0, 0.1) is 11.6 Å². The van der Waals surface area contributed by atoms with Crippen molar-refractivity contribution in [2.45, 2.75) is 15.0 Å². The second-order valence-electron chi connectivity index (χ2n) is 6.52. The van der Waals surface area contributed by atoms with Crippen molar-refractivity contribution in [3.8, 4) is 5.75 Å². The smallest absolute Gasteiger partial charge is 0.246 e. The number of nitrogens with one attached hydrogen (secondary N) is 1. The number of benzene rings is 2. The van der Waals surface area contributed by atoms with E-state index in [1.54, 1.807) is 0 Å². The van der Waals surface area contributed by atoms with E-state index in [1.807, 2.05) is 4.72 Å². The molecule has 2 aromatic rings. The molecule has 8 nitrogen and oxygen atoms in total. The topological polar surface area (TPSA) is 110 Å². The van der Waals surface area contributed by atoms with Crippen LogP contribution in [0.4, 0.5) is 8.78 Å². The Morgan fingerprint density at radius 1 is 1.07 bits per heavy atom. The third kappa shape index (κ3) is 4.30. The highest BCUT2D eigenvalue weighted by molar-refractivity contribution is 7.92. The molecule has 162 valence electrons. The maximum absolute atomic E-state index is 13.7. The van der Waals surface area contributed by atoms with Crippen molar-refractivity contribution in [1.29, 1.82) is 0 Å². The van der Waals surface area contributed by atoms with Crippen LogP contribution >= 0.6 is 0 Å². The zero-order valence-corrected chi connectivity index (χ0v) is 17.3. The Hall–Kier alpha value is -2.57. The maximum atomic E-state index is 13.7. The summed E-state index contributed by atoms with van der Waals surface area (Å²) >= 11 is 0. The van der Waals surface area contributed by atoms with Crippen LogP contribution in [-0.4, -0.2) is 59.6 Å². The van der Waals surface area contributed by atoms with E-state index in [9.17, 15) is 30.4 Å². The van der Waals surface area contributed by atoms with Crippen LogP contribution in [0.25, 0.3) is 0 Å². The predicted molar refractivity (Wildman–Crippen MR) is 102 cm³/mol. The number of carbonyl (C=O) groups is 1. The molecule has 0 radical (unpaired) electrons. The molecule has 0 unspecified atom stereocenters. The number of halogens is 2. The molecule has 1 heterocycles. The molecule has 1 N–H and O–H groups in total. The van der Waals surface area contributed by atoms with Gasteiger partial charge in [0.2, 0.25) is 15.9 Å². The fraction of sp³-hybridized carbons (Fsp3) is 0.278. The quantitative estimate of drug-likeness (QED) is 0.659. The van der Waals surface area contributed by atoms with Gasteiger partial charge in [0.1, 0.15) is 22.6 Å². The number of nitrogens with zero attached hydrogens (tertiary/aromatic N) is 1. The van der Waals surface area contributed by atoms with E-state index >= 15 is 0 Å². The lowest BCUT2D eigenvalue weighted by molar-refractivity contribution is -0.133. The molecular weight excluding hydrogens is 442 g/mol. The average molecular weight is 460 g/mol. The fourth-order valence-electron chi connectivity index (χ4n) is 2.88. The SMILES string of the molecule is COc1ccc(S(=O)(=O)C2CN(C(=O)CNS(=O)(=O)c3c(F)cccc3F)C2)cc1. The number of amides is 1. The van der Waals surface area contributed by atoms with Crippen LogP contribution in [0.1, 0.15) is 0 Å². The molecule has 0 saturated carbocycles. The average Bonchev–Trinajstić information content (AvgIpc) is 2.65. The van der Waals surface area contributed by atoms with Gasteiger partial charge in [-0.15, -0.1) is 0 Å². The molecule has 30 heavy (non-hydrogen) atoms. The summed E-state index contributed by atoms with van der Waals surface area (Å²) in [5, 5.41) is -0.838. The first-order chi connectivity index (χ1) is 14.1. The van der Waals surface area contributed by atoms with Gasteiger partial charge < -0.3 is 9.64 Å². The number of rotatable bonds is 7. The third-order valence-corrected chi connectivity index (χ3v) is 8.19. The van der Waals surface area contributed by atoms with Crippen LogP contribution < -0.4 is 9.46 Å². The Labute approximate surface area is 172 Å². The van der Waals surface area contributed by atoms with Crippen molar-refractivity contribution in [2.24, 2.45) is 0 Å². The van der Waals surface area contributed by atoms with Gasteiger partial charge in [0.15, 0.2) is 14.7 Å². The summed E-state index contributed by atoms with van der Waals surface area (Å²) in [4.78, 5) is 12.2. The number of hydrogen-bond acceptors (Lipinski definition) is 6. The Morgan fingerprint density at radius 2 is 1.63 bits per heavy atom. The molecule has 1 amide bonds. The van der Waals surface area contributed by atoms with Gasteiger partial charge in [0, 0.05) is 13.1 Å². The Kier molecular flexibility index (Phi) is 6.11. The van der Waals surface area contributed by atoms with Gasteiger partial charge in [-0.1, -0.05) is 6.07 Å². The molecule has 0 atom stereocenters. The number of hydrogen-bond donors (Lipinski definition) is 1. The van der Waals surface area contributed by atoms with Crippen molar-refractivity contribution < 1.29 is 35.1 Å². The zero-order valence-electron chi connectivity index (χ0n) is 15.7. The number of carbonyl (C=O) groups excluding carboxylic acids is 1. The van der Waals surface area contributed by atoms with E-state index in [1.165, 1.54) is 31.4 Å². The van der Waals surface area contributed by atoms with E-state index in [4.69, 9.17) is 4.74 Å². The second-order valence-corrected chi connectivity index (χ2v) is 10.4. The highest BCUT2D eigenvalue weighted by atomic mass is 32.2. The molecule has 3 rings (SSSR count). The highest BCUT2D eigenvalue weighted by Crippen LogP contribution is 2.25. The Morgan fingerprint density at radius 3 is 2.17 bits per heavy atom. The number of sulfonamides is 1. The first-order valence-electron chi connectivity index (χ1n) is 8.65. The van der Waals surface area contributed by atoms with E-state index < -0.39 is 54.1 Å². The molecule has 0 aliphatic carbocycles. The van der Waals surface area contributed by atoms with Gasteiger partial charge in [-0.3, -0.25) is 4.79 Å². The van der Waals surface area contributed by atoms with E-state index in [2.05, 4.69) is 0 Å². The van der Waals surface area contributed by atoms with Crippen molar-refractivity contribution >= 4 is 25.8 Å². The summed E-state index contributed by atoms with van der Waals surface area (Å²) < 4.78 is 83.5. The molecule has 1 aliphatic rings. The van der Waals surface area contributed by atoms with Crippen molar-refractivity contribution in [3.63, 3.8) is 0 Å². The van der Waals surface area contributed by atoms with E-state index in [0.29, 0.717) is 5.75 Å². The molecule has 0 bridgehead atoms. The lowest BCUT2D eigenvalue weighted by Crippen LogP contribution is -2.58. The summed E-state index contributed by atoms with van der Waals surface area (Å²) in [5.74, 6) is -2.79. The van der Waals surface area contributed by atoms with Crippen LogP contribution in [0.5, 0.6) is 5.75 Å². The molecule has 1 fully saturated rings. The van der Waals surface area contributed by atoms with Gasteiger partial charge in [0.25, 0.3) is 0 Å². The molecule has 2 aromatic carbocycles. The minimum Gasteiger partial charge on any atom is -0.497 e. The number of ether oxygens (including phenoxy) is 1. The lowest BCUT2D eigenvalue weighted by Gasteiger charge is -2.38. The van der Waals surface area contributed by atoms with Gasteiger partial charge in [-0.2, -0.15) is 0 Å². The molecule has 0 aromatic heterocycles. The minimum absolute atomic E-state index is 0.0797. The van der Waals surface area contributed by atoms with Crippen molar-refractivity contribution in [2.75, 3.05) is 26.7 Å². The molecule has 1 saturated heterocycles. The monoisotopic (exact) mass is 460 g/mol. The summed E-state index contributed by atoms with van der Waals surface area (Å²) in [5.41, 5.74) is 0. The number of likely N-dealkylation sites (tertiary alicyclic amines) is 1. The minimum atomic E-state index is -4.60. The van der Waals surface area contributed by atoms with E-state index in [-0.39, 0.29) is 18.0 Å². The fourth-order valence-corrected chi connectivity index (χ4v) is 5.64. The Balaban J connectivity index is 1.60. The summed E-state index contributed by atoms with van der Waals surface area (Å²) in [6.07, 6.45) is 0. The van der Waals surface area contributed by atoms with Crippen LogP contribution in [0.15, 0.2) is 52.3 Å². The summed E-state index contributed by atoms with van der Waals surface area (Å²) in [7, 11) is -6.83. The molecule has 0 spiro atoms. The molecular formula is C18H18F2N2O6S2. The maximum Gasteiger partial charge on any atom is 0.246 e. The molecule has 12 heteroatoms. The van der Waals surface area contributed by atoms with Crippen LogP contribution in [0.3, 0.4) is 0 Å². The first kappa shape index (κ1) is 22.1. The summed E-state index contributed by atoms with van der Waals surface area (Å²) in [6, 6.07) is 8.38. The normalized spacial score (nSPS) is 15.0. The summed E-state index contributed by atoms with van der Waals surface area (Å²) in [6.45, 7) is -1.00. The van der Waals surface area contributed by atoms with Gasteiger partial charge in [-0.25, -0.2) is 30.3 Å². The third-order valence-electron chi connectivity index (χ3n) is 4.63. The molecule has 1 aliphatic heterocycles. The van der Waals surface area contributed by atoms with Crippen LogP contribution in [0.2, 0.25) is 0 Å².